The topological polar surface area (TPSA) is 58.6 Å². The lowest BCUT2D eigenvalue weighted by Crippen LogP contribution is -2.60. The average Bonchev–Trinajstić information content (AvgIpc) is 2.81. The monoisotopic (exact) mass is 492 g/mol. The normalized spacial score (nSPS) is 21.9. The van der Waals surface area contributed by atoms with Gasteiger partial charge in [-0.1, -0.05) is 36.4 Å². The van der Waals surface area contributed by atoms with Crippen LogP contribution in [-0.4, -0.2) is 49.6 Å². The van der Waals surface area contributed by atoms with Gasteiger partial charge in [0.15, 0.2) is 0 Å². The van der Waals surface area contributed by atoms with Gasteiger partial charge in [0.05, 0.1) is 0 Å². The van der Waals surface area contributed by atoms with E-state index in [0.717, 1.165) is 18.2 Å². The van der Waals surface area contributed by atoms with Crippen LogP contribution < -0.4 is 5.32 Å². The molecule has 0 unspecified atom stereocenters. The van der Waals surface area contributed by atoms with Gasteiger partial charge in [-0.15, -0.1) is 0 Å². The number of alkyl halides is 3. The number of aryl methyl sites for hydroxylation is 1. The SMILES string of the molecule is CO[C@@](C(=O)N1CCC2(CC1)CC(=O)NC[C@H]2c1ccc(F)cc1C)(c1ccccc1)C(F)(F)F. The number of benzene rings is 2. The van der Waals surface area contributed by atoms with E-state index < -0.39 is 23.1 Å². The van der Waals surface area contributed by atoms with Crippen molar-refractivity contribution in [3.63, 3.8) is 0 Å². The summed E-state index contributed by atoms with van der Waals surface area (Å²) in [7, 11) is 0.892. The van der Waals surface area contributed by atoms with E-state index in [-0.39, 0.29) is 42.7 Å². The van der Waals surface area contributed by atoms with Crippen molar-refractivity contribution in [2.24, 2.45) is 5.41 Å². The summed E-state index contributed by atoms with van der Waals surface area (Å²) < 4.78 is 61.8. The molecule has 9 heteroatoms. The Morgan fingerprint density at radius 1 is 1.11 bits per heavy atom. The first-order valence-electron chi connectivity index (χ1n) is 11.5. The molecule has 0 aromatic heterocycles. The number of rotatable bonds is 4. The number of hydrogen-bond acceptors (Lipinski definition) is 3. The molecule has 0 radical (unpaired) electrons. The summed E-state index contributed by atoms with van der Waals surface area (Å²) >= 11 is 0. The zero-order chi connectivity index (χ0) is 25.4. The van der Waals surface area contributed by atoms with Crippen molar-refractivity contribution >= 4 is 11.8 Å². The predicted octanol–water partition coefficient (Wildman–Crippen LogP) is 4.45. The highest BCUT2D eigenvalue weighted by Gasteiger charge is 2.64. The van der Waals surface area contributed by atoms with Gasteiger partial charge in [0.1, 0.15) is 5.82 Å². The molecule has 5 nitrogen and oxygen atoms in total. The minimum Gasteiger partial charge on any atom is -0.356 e. The molecule has 2 amide bonds. The third-order valence-corrected chi connectivity index (χ3v) is 7.60. The molecule has 4 rings (SSSR count). The molecule has 35 heavy (non-hydrogen) atoms. The number of amides is 2. The largest absolute Gasteiger partial charge is 0.430 e. The Hall–Kier alpha value is -2.94. The Balaban J connectivity index is 1.63. The molecule has 1 N–H and O–H groups in total. The minimum atomic E-state index is -4.98. The molecule has 0 aliphatic carbocycles. The molecule has 2 saturated heterocycles. The van der Waals surface area contributed by atoms with Crippen LogP contribution in [-0.2, 0) is 19.9 Å². The first kappa shape index (κ1) is 25.2. The van der Waals surface area contributed by atoms with Gasteiger partial charge in [0.25, 0.3) is 11.5 Å². The van der Waals surface area contributed by atoms with Crippen LogP contribution in [0.3, 0.4) is 0 Å². The Bertz CT molecular complexity index is 1100. The average molecular weight is 493 g/mol. The number of carbonyl (C=O) groups is 2. The number of nitrogens with zero attached hydrogens (tertiary/aromatic N) is 1. The summed E-state index contributed by atoms with van der Waals surface area (Å²) in [5.41, 5.74) is -2.28. The van der Waals surface area contributed by atoms with E-state index >= 15 is 0 Å². The van der Waals surface area contributed by atoms with E-state index in [1.165, 1.54) is 41.3 Å². The molecule has 2 aliphatic rings. The van der Waals surface area contributed by atoms with Crippen molar-refractivity contribution < 1.29 is 31.9 Å². The number of piperidine rings is 2. The van der Waals surface area contributed by atoms with Gasteiger partial charge >= 0.3 is 6.18 Å². The highest BCUT2D eigenvalue weighted by molar-refractivity contribution is 5.88. The Morgan fingerprint density at radius 2 is 1.77 bits per heavy atom. The summed E-state index contributed by atoms with van der Waals surface area (Å²) in [6.07, 6.45) is -4.09. The van der Waals surface area contributed by atoms with Gasteiger partial charge in [0.2, 0.25) is 5.91 Å². The van der Waals surface area contributed by atoms with Gasteiger partial charge in [-0.2, -0.15) is 13.2 Å². The summed E-state index contributed by atoms with van der Waals surface area (Å²) in [5, 5.41) is 2.87. The maximum absolute atomic E-state index is 14.4. The fraction of sp³-hybridized carbons (Fsp3) is 0.462. The van der Waals surface area contributed by atoms with Crippen LogP contribution in [0.2, 0.25) is 0 Å². The molecule has 0 saturated carbocycles. The molecule has 0 bridgehead atoms. The zero-order valence-corrected chi connectivity index (χ0v) is 19.6. The molecule has 2 aliphatic heterocycles. The standard InChI is InChI=1S/C26H28F4N2O3/c1-17-14-19(27)8-9-20(17)21-16-31-22(33)15-24(21)10-12-32(13-11-24)23(34)25(35-2,26(28,29)30)18-6-4-3-5-7-18/h3-9,14,21H,10-13,15-16H2,1-2H3,(H,31,33)/t21-,25+/m0/s1. The number of likely N-dealkylation sites (tertiary alicyclic amines) is 1. The van der Waals surface area contributed by atoms with E-state index in [1.54, 1.807) is 19.1 Å². The second kappa shape index (κ2) is 9.26. The maximum Gasteiger partial charge on any atom is 0.430 e. The van der Waals surface area contributed by atoms with Crippen molar-refractivity contribution in [3.8, 4) is 0 Å². The Labute approximate surface area is 201 Å². The molecule has 188 valence electrons. The highest BCUT2D eigenvalue weighted by atomic mass is 19.4. The highest BCUT2D eigenvalue weighted by Crippen LogP contribution is 2.51. The van der Waals surface area contributed by atoms with E-state index in [1.807, 2.05) is 0 Å². The number of ether oxygens (including phenoxy) is 1. The van der Waals surface area contributed by atoms with E-state index in [2.05, 4.69) is 5.32 Å². The number of halogens is 4. The first-order valence-corrected chi connectivity index (χ1v) is 11.5. The third kappa shape index (κ3) is 4.30. The Morgan fingerprint density at radius 3 is 2.34 bits per heavy atom. The fourth-order valence-electron chi connectivity index (χ4n) is 5.71. The molecule has 1 spiro atoms. The summed E-state index contributed by atoms with van der Waals surface area (Å²) in [6, 6.07) is 11.4. The van der Waals surface area contributed by atoms with Crippen LogP contribution in [0.4, 0.5) is 17.6 Å². The Kier molecular flexibility index (Phi) is 6.66. The lowest BCUT2D eigenvalue weighted by atomic mass is 9.62. The predicted molar refractivity (Wildman–Crippen MR) is 121 cm³/mol. The zero-order valence-electron chi connectivity index (χ0n) is 19.6. The van der Waals surface area contributed by atoms with Crippen molar-refractivity contribution in [2.75, 3.05) is 26.7 Å². The molecule has 2 fully saturated rings. The van der Waals surface area contributed by atoms with Gasteiger partial charge in [-0.3, -0.25) is 9.59 Å². The first-order chi connectivity index (χ1) is 16.5. The van der Waals surface area contributed by atoms with Gasteiger partial charge < -0.3 is 15.0 Å². The van der Waals surface area contributed by atoms with Gasteiger partial charge in [-0.25, -0.2) is 4.39 Å². The molecule has 2 heterocycles. The maximum atomic E-state index is 14.4. The summed E-state index contributed by atoms with van der Waals surface area (Å²) in [4.78, 5) is 27.0. The number of methoxy groups -OCH3 is 1. The number of nitrogens with one attached hydrogen (secondary N) is 1. The molecule has 2 atom stereocenters. The lowest BCUT2D eigenvalue weighted by molar-refractivity contribution is -0.271. The van der Waals surface area contributed by atoms with Crippen molar-refractivity contribution in [3.05, 3.63) is 71.0 Å². The number of carbonyl (C=O) groups excluding carboxylic acids is 2. The van der Waals surface area contributed by atoms with Crippen molar-refractivity contribution in [2.45, 2.75) is 43.9 Å². The summed E-state index contributed by atoms with van der Waals surface area (Å²) in [6.45, 7) is 2.26. The van der Waals surface area contributed by atoms with Gasteiger partial charge in [0, 0.05) is 44.6 Å². The van der Waals surface area contributed by atoms with Crippen molar-refractivity contribution in [1.29, 1.82) is 0 Å². The molecule has 2 aromatic carbocycles. The van der Waals surface area contributed by atoms with Crippen LogP contribution in [0.25, 0.3) is 0 Å². The van der Waals surface area contributed by atoms with E-state index in [9.17, 15) is 27.2 Å². The third-order valence-electron chi connectivity index (χ3n) is 7.60. The van der Waals surface area contributed by atoms with Gasteiger partial charge in [-0.05, 0) is 48.4 Å². The second-order valence-electron chi connectivity index (χ2n) is 9.44. The fourth-order valence-corrected chi connectivity index (χ4v) is 5.71. The summed E-state index contributed by atoms with van der Waals surface area (Å²) in [5.74, 6) is -1.79. The second-order valence-corrected chi connectivity index (χ2v) is 9.44. The van der Waals surface area contributed by atoms with Crippen LogP contribution in [0.15, 0.2) is 48.5 Å². The van der Waals surface area contributed by atoms with Crippen LogP contribution in [0.5, 0.6) is 0 Å². The quantitative estimate of drug-likeness (QED) is 0.642. The minimum absolute atomic E-state index is 0.0525. The molecular weight excluding hydrogens is 464 g/mol. The molecular formula is C26H28F4N2O3. The van der Waals surface area contributed by atoms with Crippen LogP contribution in [0.1, 0.15) is 41.9 Å². The smallest absolute Gasteiger partial charge is 0.356 e. The van der Waals surface area contributed by atoms with E-state index in [0.29, 0.717) is 19.4 Å². The number of hydrogen-bond donors (Lipinski definition) is 1. The van der Waals surface area contributed by atoms with E-state index in [4.69, 9.17) is 4.74 Å². The molecule has 2 aromatic rings. The van der Waals surface area contributed by atoms with Crippen LogP contribution >= 0.6 is 0 Å². The lowest BCUT2D eigenvalue weighted by Gasteiger charge is -2.50. The van der Waals surface area contributed by atoms with Crippen LogP contribution in [0, 0.1) is 18.2 Å². The van der Waals surface area contributed by atoms with Crippen molar-refractivity contribution in [1.82, 2.24) is 10.2 Å².